The predicted octanol–water partition coefficient (Wildman–Crippen LogP) is 5.69. The molecule has 2 rings (SSSR count). The molecule has 0 saturated carbocycles. The number of benzene rings is 2. The van der Waals surface area contributed by atoms with Crippen molar-refractivity contribution in [1.82, 2.24) is 0 Å². The highest BCUT2D eigenvalue weighted by molar-refractivity contribution is 8.00. The Hall–Kier alpha value is -1.78. The lowest BCUT2D eigenvalue weighted by Crippen LogP contribution is -2.19. The van der Waals surface area contributed by atoms with Crippen LogP contribution >= 0.6 is 23.4 Å². The normalized spacial score (nSPS) is 11.2. The molecule has 2 aromatic carbocycles. The number of amides is 1. The molecule has 0 atom stereocenters. The minimum atomic E-state index is -0.0577. The molecule has 0 bridgehead atoms. The van der Waals surface area contributed by atoms with Gasteiger partial charge in [-0.05, 0) is 35.7 Å². The van der Waals surface area contributed by atoms with Crippen molar-refractivity contribution in [2.45, 2.75) is 32.1 Å². The summed E-state index contributed by atoms with van der Waals surface area (Å²) in [4.78, 5) is 25.2. The number of carbonyl (C=O) groups excluding carboxylic acids is 2. The van der Waals surface area contributed by atoms with Crippen molar-refractivity contribution in [3.05, 3.63) is 59.1 Å². The van der Waals surface area contributed by atoms with Gasteiger partial charge in [-0.2, -0.15) is 0 Å². The molecule has 0 radical (unpaired) electrons. The van der Waals surface area contributed by atoms with Crippen LogP contribution in [0.15, 0.2) is 53.4 Å². The molecule has 25 heavy (non-hydrogen) atoms. The van der Waals surface area contributed by atoms with Crippen LogP contribution in [-0.4, -0.2) is 17.4 Å². The van der Waals surface area contributed by atoms with Crippen LogP contribution in [0.3, 0.4) is 0 Å². The Morgan fingerprint density at radius 1 is 1.08 bits per heavy atom. The summed E-state index contributed by atoms with van der Waals surface area (Å²) in [6, 6.07) is 14.6. The summed E-state index contributed by atoms with van der Waals surface area (Å²) in [5, 5.41) is 3.38. The smallest absolute Gasteiger partial charge is 0.224 e. The van der Waals surface area contributed by atoms with Gasteiger partial charge < -0.3 is 5.32 Å². The Balaban J connectivity index is 1.96. The predicted molar refractivity (Wildman–Crippen MR) is 106 cm³/mol. The maximum atomic E-state index is 12.3. The van der Waals surface area contributed by atoms with Gasteiger partial charge in [-0.1, -0.05) is 50.6 Å². The number of carbonyl (C=O) groups is 2. The molecule has 3 nitrogen and oxygen atoms in total. The largest absolute Gasteiger partial charge is 0.326 e. The number of Topliss-reactive ketones (excluding diaryl/α,β-unsaturated/α-hetero) is 1. The summed E-state index contributed by atoms with van der Waals surface area (Å²) in [6.07, 6.45) is 0.454. The van der Waals surface area contributed by atoms with Gasteiger partial charge in [0, 0.05) is 22.6 Å². The van der Waals surface area contributed by atoms with Crippen LogP contribution in [-0.2, 0) is 4.79 Å². The second kappa shape index (κ2) is 8.54. The fourth-order valence-corrected chi connectivity index (χ4v) is 3.34. The van der Waals surface area contributed by atoms with Crippen molar-refractivity contribution in [2.75, 3.05) is 11.1 Å². The molecule has 0 aliphatic rings. The van der Waals surface area contributed by atoms with E-state index in [0.29, 0.717) is 22.8 Å². The first kappa shape index (κ1) is 19.5. The van der Waals surface area contributed by atoms with Crippen molar-refractivity contribution in [2.24, 2.45) is 5.41 Å². The zero-order chi connectivity index (χ0) is 18.4. The molecule has 1 N–H and O–H groups in total. The van der Waals surface area contributed by atoms with Crippen LogP contribution in [0.4, 0.5) is 5.69 Å². The monoisotopic (exact) mass is 375 g/mol. The van der Waals surface area contributed by atoms with Crippen LogP contribution in [0, 0.1) is 5.41 Å². The van der Waals surface area contributed by atoms with Crippen molar-refractivity contribution in [3.8, 4) is 0 Å². The molecular formula is C20H22ClNO2S. The lowest BCUT2D eigenvalue weighted by atomic mass is 9.92. The number of hydrogen-bond donors (Lipinski definition) is 1. The van der Waals surface area contributed by atoms with Gasteiger partial charge in [0.1, 0.15) is 0 Å². The van der Waals surface area contributed by atoms with E-state index in [1.165, 1.54) is 11.8 Å². The highest BCUT2D eigenvalue weighted by Gasteiger charge is 2.16. The minimum Gasteiger partial charge on any atom is -0.326 e. The van der Waals surface area contributed by atoms with Gasteiger partial charge in [-0.15, -0.1) is 11.8 Å². The Morgan fingerprint density at radius 3 is 2.48 bits per heavy atom. The molecule has 0 aromatic heterocycles. The van der Waals surface area contributed by atoms with E-state index in [9.17, 15) is 9.59 Å². The first-order valence-corrected chi connectivity index (χ1v) is 9.41. The molecule has 2 aromatic rings. The molecule has 0 aliphatic carbocycles. The molecule has 0 spiro atoms. The molecule has 0 unspecified atom stereocenters. The molecular weight excluding hydrogens is 354 g/mol. The summed E-state index contributed by atoms with van der Waals surface area (Å²) in [7, 11) is 0. The van der Waals surface area contributed by atoms with Gasteiger partial charge in [0.25, 0.3) is 0 Å². The van der Waals surface area contributed by atoms with Gasteiger partial charge in [-0.25, -0.2) is 0 Å². The highest BCUT2D eigenvalue weighted by atomic mass is 35.5. The average molecular weight is 376 g/mol. The molecule has 0 heterocycles. The zero-order valence-corrected chi connectivity index (χ0v) is 16.2. The summed E-state index contributed by atoms with van der Waals surface area (Å²) >= 11 is 7.49. The van der Waals surface area contributed by atoms with E-state index in [4.69, 9.17) is 11.6 Å². The number of thioether (sulfide) groups is 1. The molecule has 5 heteroatoms. The molecule has 1 amide bonds. The number of anilines is 1. The van der Waals surface area contributed by atoms with Crippen LogP contribution in [0.25, 0.3) is 0 Å². The van der Waals surface area contributed by atoms with Crippen molar-refractivity contribution >= 4 is 40.7 Å². The Bertz CT molecular complexity index is 768. The Kier molecular flexibility index (Phi) is 6.68. The summed E-state index contributed by atoms with van der Waals surface area (Å²) in [5.74, 6) is 0.267. The van der Waals surface area contributed by atoms with E-state index in [1.54, 1.807) is 24.3 Å². The van der Waals surface area contributed by atoms with Gasteiger partial charge in [-0.3, -0.25) is 9.59 Å². The van der Waals surface area contributed by atoms with Crippen LogP contribution in [0.1, 0.15) is 37.6 Å². The first-order valence-electron chi connectivity index (χ1n) is 8.05. The van der Waals surface area contributed by atoms with E-state index >= 15 is 0 Å². The Morgan fingerprint density at radius 2 is 1.80 bits per heavy atom. The van der Waals surface area contributed by atoms with Crippen LogP contribution in [0.2, 0.25) is 5.02 Å². The maximum absolute atomic E-state index is 12.3. The average Bonchev–Trinajstić information content (AvgIpc) is 2.51. The summed E-state index contributed by atoms with van der Waals surface area (Å²) in [5.41, 5.74) is 1.22. The lowest BCUT2D eigenvalue weighted by molar-refractivity contribution is -0.117. The summed E-state index contributed by atoms with van der Waals surface area (Å²) in [6.45, 7) is 6.08. The van der Waals surface area contributed by atoms with Crippen molar-refractivity contribution in [3.63, 3.8) is 0 Å². The number of rotatable bonds is 6. The molecule has 0 saturated heterocycles. The van der Waals surface area contributed by atoms with E-state index in [0.717, 1.165) is 10.6 Å². The topological polar surface area (TPSA) is 46.2 Å². The number of nitrogens with one attached hydrogen (secondary N) is 1. The van der Waals surface area contributed by atoms with E-state index < -0.39 is 0 Å². The second-order valence-corrected chi connectivity index (χ2v) is 8.46. The third kappa shape index (κ3) is 6.56. The standard InChI is InChI=1S/C20H22ClNO2S/c1-20(2,3)12-19(24)22-14-7-6-8-15(11-14)25-13-18(23)16-9-4-5-10-17(16)21/h4-11H,12-13H2,1-3H3,(H,22,24). The highest BCUT2D eigenvalue weighted by Crippen LogP contribution is 2.25. The minimum absolute atomic E-state index is 0.0122. The van der Waals surface area contributed by atoms with Crippen LogP contribution in [0.5, 0.6) is 0 Å². The lowest BCUT2D eigenvalue weighted by Gasteiger charge is -2.17. The maximum Gasteiger partial charge on any atom is 0.224 e. The van der Waals surface area contributed by atoms with E-state index in [2.05, 4.69) is 5.32 Å². The number of ketones is 1. The van der Waals surface area contributed by atoms with Crippen LogP contribution < -0.4 is 5.32 Å². The third-order valence-electron chi connectivity index (χ3n) is 3.35. The number of halogens is 1. The fraction of sp³-hybridized carbons (Fsp3) is 0.300. The first-order chi connectivity index (χ1) is 11.7. The summed E-state index contributed by atoms with van der Waals surface area (Å²) < 4.78 is 0. The fourth-order valence-electron chi connectivity index (χ4n) is 2.26. The van der Waals surface area contributed by atoms with E-state index in [1.807, 2.05) is 45.0 Å². The van der Waals surface area contributed by atoms with Crippen molar-refractivity contribution < 1.29 is 9.59 Å². The van der Waals surface area contributed by atoms with Gasteiger partial charge in [0.05, 0.1) is 10.8 Å². The number of hydrogen-bond acceptors (Lipinski definition) is 3. The molecule has 0 aliphatic heterocycles. The zero-order valence-electron chi connectivity index (χ0n) is 14.6. The third-order valence-corrected chi connectivity index (χ3v) is 4.68. The van der Waals surface area contributed by atoms with Gasteiger partial charge in [0.2, 0.25) is 5.91 Å². The molecule has 0 fully saturated rings. The SMILES string of the molecule is CC(C)(C)CC(=O)Nc1cccc(SCC(=O)c2ccccc2Cl)c1. The molecule has 132 valence electrons. The Labute approximate surface area is 158 Å². The van der Waals surface area contributed by atoms with E-state index in [-0.39, 0.29) is 17.1 Å². The second-order valence-electron chi connectivity index (χ2n) is 7.01. The van der Waals surface area contributed by atoms with Crippen molar-refractivity contribution in [1.29, 1.82) is 0 Å². The van der Waals surface area contributed by atoms with Gasteiger partial charge in [0.15, 0.2) is 5.78 Å². The van der Waals surface area contributed by atoms with Gasteiger partial charge >= 0.3 is 0 Å². The quantitative estimate of drug-likeness (QED) is 0.521.